The van der Waals surface area contributed by atoms with E-state index in [9.17, 15) is 4.79 Å². The van der Waals surface area contributed by atoms with Crippen molar-refractivity contribution in [3.05, 3.63) is 54.0 Å². The Hall–Kier alpha value is -2.47. The van der Waals surface area contributed by atoms with Crippen molar-refractivity contribution in [2.45, 2.75) is 13.0 Å². The van der Waals surface area contributed by atoms with Crippen molar-refractivity contribution in [3.8, 4) is 0 Å². The highest BCUT2D eigenvalue weighted by Crippen LogP contribution is 2.07. The molecule has 0 aromatic carbocycles. The van der Waals surface area contributed by atoms with Crippen LogP contribution in [0.2, 0.25) is 0 Å². The zero-order chi connectivity index (χ0) is 16.5. The summed E-state index contributed by atoms with van der Waals surface area (Å²) < 4.78 is 0. The molecular formula is C17H23N5O. The molecular weight excluding hydrogens is 290 g/mol. The number of anilines is 1. The summed E-state index contributed by atoms with van der Waals surface area (Å²) in [7, 11) is 4.03. The first-order chi connectivity index (χ1) is 11.1. The van der Waals surface area contributed by atoms with E-state index in [-0.39, 0.29) is 5.91 Å². The molecule has 0 saturated carbocycles. The number of aromatic nitrogens is 2. The van der Waals surface area contributed by atoms with Crippen molar-refractivity contribution in [3.63, 3.8) is 0 Å². The van der Waals surface area contributed by atoms with Crippen molar-refractivity contribution < 1.29 is 4.79 Å². The molecule has 0 fully saturated rings. The Morgan fingerprint density at radius 1 is 1.17 bits per heavy atom. The van der Waals surface area contributed by atoms with E-state index in [1.807, 2.05) is 32.3 Å². The quantitative estimate of drug-likeness (QED) is 0.727. The first kappa shape index (κ1) is 16.9. The summed E-state index contributed by atoms with van der Waals surface area (Å²) in [6.45, 7) is 2.29. The lowest BCUT2D eigenvalue weighted by molar-refractivity contribution is 0.0952. The first-order valence-electron chi connectivity index (χ1n) is 7.67. The Labute approximate surface area is 137 Å². The second kappa shape index (κ2) is 8.85. The maximum absolute atomic E-state index is 12.0. The molecule has 0 radical (unpaired) electrons. The van der Waals surface area contributed by atoms with Crippen LogP contribution in [0.15, 0.2) is 42.9 Å². The maximum atomic E-state index is 12.0. The van der Waals surface area contributed by atoms with Crippen LogP contribution >= 0.6 is 0 Å². The number of hydrogen-bond donors (Lipinski definition) is 2. The predicted octanol–water partition coefficient (Wildman–Crippen LogP) is 1.77. The molecule has 2 rings (SSSR count). The highest BCUT2D eigenvalue weighted by molar-refractivity contribution is 5.94. The summed E-state index contributed by atoms with van der Waals surface area (Å²) in [5.74, 6) is 0.655. The van der Waals surface area contributed by atoms with Crippen molar-refractivity contribution in [1.82, 2.24) is 20.2 Å². The molecule has 0 unspecified atom stereocenters. The summed E-state index contributed by atoms with van der Waals surface area (Å²) in [6.07, 6.45) is 6.04. The molecule has 122 valence electrons. The molecule has 0 atom stereocenters. The molecule has 0 aliphatic rings. The number of hydrogen-bond acceptors (Lipinski definition) is 5. The van der Waals surface area contributed by atoms with Gasteiger partial charge in [0.2, 0.25) is 0 Å². The van der Waals surface area contributed by atoms with Crippen LogP contribution in [0.1, 0.15) is 22.3 Å². The van der Waals surface area contributed by atoms with E-state index in [2.05, 4.69) is 25.5 Å². The van der Waals surface area contributed by atoms with Gasteiger partial charge in [0.1, 0.15) is 5.82 Å². The minimum Gasteiger partial charge on any atom is -0.366 e. The van der Waals surface area contributed by atoms with Gasteiger partial charge in [-0.1, -0.05) is 0 Å². The zero-order valence-corrected chi connectivity index (χ0v) is 13.6. The average Bonchev–Trinajstić information content (AvgIpc) is 2.58. The summed E-state index contributed by atoms with van der Waals surface area (Å²) >= 11 is 0. The number of rotatable bonds is 8. The van der Waals surface area contributed by atoms with E-state index >= 15 is 0 Å². The third-order valence-electron chi connectivity index (χ3n) is 3.32. The molecule has 0 aliphatic heterocycles. The van der Waals surface area contributed by atoms with Gasteiger partial charge in [0.15, 0.2) is 0 Å². The average molecular weight is 313 g/mol. The minimum atomic E-state index is -0.0862. The fourth-order valence-corrected chi connectivity index (χ4v) is 2.03. The van der Waals surface area contributed by atoms with Crippen molar-refractivity contribution in [1.29, 1.82) is 0 Å². The highest BCUT2D eigenvalue weighted by atomic mass is 16.1. The van der Waals surface area contributed by atoms with Gasteiger partial charge in [-0.25, -0.2) is 4.98 Å². The normalized spacial score (nSPS) is 10.6. The maximum Gasteiger partial charge on any atom is 0.252 e. The number of amides is 1. The van der Waals surface area contributed by atoms with Crippen molar-refractivity contribution in [2.75, 3.05) is 32.5 Å². The number of pyridine rings is 2. The lowest BCUT2D eigenvalue weighted by atomic mass is 10.2. The number of carbonyl (C=O) groups excluding carboxylic acids is 1. The van der Waals surface area contributed by atoms with Crippen LogP contribution in [-0.2, 0) is 6.54 Å². The Balaban J connectivity index is 1.78. The van der Waals surface area contributed by atoms with Gasteiger partial charge in [0, 0.05) is 31.7 Å². The van der Waals surface area contributed by atoms with Crippen LogP contribution in [0.5, 0.6) is 0 Å². The van der Waals surface area contributed by atoms with Crippen LogP contribution in [0.4, 0.5) is 5.82 Å². The standard InChI is InChI=1S/C17H23N5O/c1-22(2)11-3-8-19-17(23)15-4-5-16(21-13-15)20-12-14-6-9-18-10-7-14/h4-7,9-10,13H,3,8,11-12H2,1-2H3,(H,19,23)(H,20,21). The minimum absolute atomic E-state index is 0.0862. The number of nitrogens with zero attached hydrogens (tertiary/aromatic N) is 3. The van der Waals surface area contributed by atoms with Gasteiger partial charge in [-0.05, 0) is 56.9 Å². The molecule has 2 N–H and O–H groups in total. The zero-order valence-electron chi connectivity index (χ0n) is 13.6. The van der Waals surface area contributed by atoms with Crippen LogP contribution in [0.25, 0.3) is 0 Å². The van der Waals surface area contributed by atoms with E-state index in [0.29, 0.717) is 18.7 Å². The monoisotopic (exact) mass is 313 g/mol. The van der Waals surface area contributed by atoms with E-state index in [4.69, 9.17) is 0 Å². The van der Waals surface area contributed by atoms with E-state index in [1.54, 1.807) is 24.7 Å². The van der Waals surface area contributed by atoms with Crippen molar-refractivity contribution in [2.24, 2.45) is 0 Å². The van der Waals surface area contributed by atoms with Crippen LogP contribution in [-0.4, -0.2) is 48.0 Å². The van der Waals surface area contributed by atoms with Crippen molar-refractivity contribution >= 4 is 11.7 Å². The van der Waals surface area contributed by atoms with E-state index in [0.717, 1.165) is 24.3 Å². The topological polar surface area (TPSA) is 70.2 Å². The largest absolute Gasteiger partial charge is 0.366 e. The molecule has 2 aromatic rings. The lowest BCUT2D eigenvalue weighted by Crippen LogP contribution is -2.27. The molecule has 6 heteroatoms. The van der Waals surface area contributed by atoms with Crippen LogP contribution in [0.3, 0.4) is 0 Å². The van der Waals surface area contributed by atoms with Gasteiger partial charge in [-0.2, -0.15) is 0 Å². The van der Waals surface area contributed by atoms with Gasteiger partial charge in [-0.15, -0.1) is 0 Å². The summed E-state index contributed by atoms with van der Waals surface area (Å²) in [5.41, 5.74) is 1.70. The van der Waals surface area contributed by atoms with Gasteiger partial charge in [-0.3, -0.25) is 9.78 Å². The fourth-order valence-electron chi connectivity index (χ4n) is 2.03. The summed E-state index contributed by atoms with van der Waals surface area (Å²) in [5, 5.41) is 6.11. The van der Waals surface area contributed by atoms with Gasteiger partial charge in [0.05, 0.1) is 5.56 Å². The molecule has 23 heavy (non-hydrogen) atoms. The van der Waals surface area contributed by atoms with Gasteiger partial charge >= 0.3 is 0 Å². The summed E-state index contributed by atoms with van der Waals surface area (Å²) in [6, 6.07) is 7.49. The second-order valence-corrected chi connectivity index (χ2v) is 5.55. The van der Waals surface area contributed by atoms with Gasteiger partial charge in [0.25, 0.3) is 5.91 Å². The fraction of sp³-hybridized carbons (Fsp3) is 0.353. The Kier molecular flexibility index (Phi) is 6.50. The smallest absolute Gasteiger partial charge is 0.252 e. The Morgan fingerprint density at radius 2 is 1.96 bits per heavy atom. The third-order valence-corrected chi connectivity index (χ3v) is 3.32. The summed E-state index contributed by atoms with van der Waals surface area (Å²) in [4.78, 5) is 22.3. The molecule has 1 amide bonds. The number of carbonyl (C=O) groups is 1. The Bertz CT molecular complexity index is 598. The Morgan fingerprint density at radius 3 is 2.61 bits per heavy atom. The highest BCUT2D eigenvalue weighted by Gasteiger charge is 2.05. The number of nitrogens with one attached hydrogen (secondary N) is 2. The second-order valence-electron chi connectivity index (χ2n) is 5.55. The molecule has 0 saturated heterocycles. The molecule has 0 spiro atoms. The van der Waals surface area contributed by atoms with E-state index in [1.165, 1.54) is 0 Å². The van der Waals surface area contributed by atoms with Gasteiger partial charge < -0.3 is 15.5 Å². The van der Waals surface area contributed by atoms with E-state index < -0.39 is 0 Å². The predicted molar refractivity (Wildman–Crippen MR) is 91.3 cm³/mol. The molecule has 0 aliphatic carbocycles. The molecule has 2 heterocycles. The third kappa shape index (κ3) is 6.04. The molecule has 0 bridgehead atoms. The first-order valence-corrected chi connectivity index (χ1v) is 7.67. The van der Waals surface area contributed by atoms with Crippen LogP contribution < -0.4 is 10.6 Å². The lowest BCUT2D eigenvalue weighted by Gasteiger charge is -2.10. The molecule has 6 nitrogen and oxygen atoms in total. The molecule has 2 aromatic heterocycles. The SMILES string of the molecule is CN(C)CCCNC(=O)c1ccc(NCc2ccncc2)nc1. The van der Waals surface area contributed by atoms with Crippen LogP contribution in [0, 0.1) is 0 Å².